The van der Waals surface area contributed by atoms with Gasteiger partial charge in [-0.1, -0.05) is 6.07 Å². The Morgan fingerprint density at radius 1 is 1.15 bits per heavy atom. The van der Waals surface area contributed by atoms with Gasteiger partial charge < -0.3 is 10.6 Å². The van der Waals surface area contributed by atoms with Crippen LogP contribution in [0.1, 0.15) is 29.9 Å². The predicted octanol–water partition coefficient (Wildman–Crippen LogP) is 3.40. The van der Waals surface area contributed by atoms with Crippen molar-refractivity contribution in [2.75, 3.05) is 13.1 Å². The summed E-state index contributed by atoms with van der Waals surface area (Å²) in [6, 6.07) is 7.63. The molecule has 1 aliphatic heterocycles. The minimum Gasteiger partial charge on any atom is -0.351 e. The van der Waals surface area contributed by atoms with Gasteiger partial charge in [0.25, 0.3) is 0 Å². The SMILES string of the molecule is Cl.Cl.O=C(CCc1ccncc1)NC1CNCCC1c1ccc(F)c(F)c1. The Labute approximate surface area is 170 Å². The van der Waals surface area contributed by atoms with Gasteiger partial charge in [-0.05, 0) is 54.8 Å². The van der Waals surface area contributed by atoms with Crippen LogP contribution in [-0.4, -0.2) is 30.0 Å². The molecule has 1 aromatic heterocycles. The molecular formula is C19H23Cl2F2N3O. The highest BCUT2D eigenvalue weighted by Crippen LogP contribution is 2.27. The van der Waals surface area contributed by atoms with Crippen molar-refractivity contribution in [3.8, 4) is 0 Å². The fraction of sp³-hybridized carbons (Fsp3) is 0.368. The number of piperidine rings is 1. The van der Waals surface area contributed by atoms with E-state index in [9.17, 15) is 13.6 Å². The molecule has 8 heteroatoms. The van der Waals surface area contributed by atoms with E-state index >= 15 is 0 Å². The van der Waals surface area contributed by atoms with E-state index in [-0.39, 0.29) is 42.7 Å². The van der Waals surface area contributed by atoms with Gasteiger partial charge in [-0.3, -0.25) is 9.78 Å². The average molecular weight is 418 g/mol. The summed E-state index contributed by atoms with van der Waals surface area (Å²) in [5, 5.41) is 6.29. The van der Waals surface area contributed by atoms with Crippen molar-refractivity contribution in [3.05, 3.63) is 65.5 Å². The molecule has 2 atom stereocenters. The number of aromatic nitrogens is 1. The Morgan fingerprint density at radius 2 is 1.89 bits per heavy atom. The summed E-state index contributed by atoms with van der Waals surface area (Å²) >= 11 is 0. The van der Waals surface area contributed by atoms with E-state index in [0.29, 0.717) is 19.4 Å². The molecule has 0 aliphatic carbocycles. The number of hydrogen-bond acceptors (Lipinski definition) is 3. The summed E-state index contributed by atoms with van der Waals surface area (Å²) in [6.45, 7) is 1.40. The van der Waals surface area contributed by atoms with E-state index in [1.165, 1.54) is 6.07 Å². The topological polar surface area (TPSA) is 54.0 Å². The third-order valence-electron chi connectivity index (χ3n) is 4.59. The fourth-order valence-corrected chi connectivity index (χ4v) is 3.24. The largest absolute Gasteiger partial charge is 0.351 e. The van der Waals surface area contributed by atoms with Gasteiger partial charge in [0.15, 0.2) is 11.6 Å². The summed E-state index contributed by atoms with van der Waals surface area (Å²) in [5.41, 5.74) is 1.78. The highest BCUT2D eigenvalue weighted by Gasteiger charge is 2.28. The van der Waals surface area contributed by atoms with Crippen LogP contribution in [0.3, 0.4) is 0 Å². The van der Waals surface area contributed by atoms with E-state index < -0.39 is 11.6 Å². The summed E-state index contributed by atoms with van der Waals surface area (Å²) in [4.78, 5) is 16.3. The molecule has 1 fully saturated rings. The number of hydrogen-bond donors (Lipinski definition) is 2. The van der Waals surface area contributed by atoms with Gasteiger partial charge in [0, 0.05) is 37.3 Å². The number of amides is 1. The van der Waals surface area contributed by atoms with Crippen LogP contribution < -0.4 is 10.6 Å². The highest BCUT2D eigenvalue weighted by atomic mass is 35.5. The van der Waals surface area contributed by atoms with Crippen molar-refractivity contribution in [2.24, 2.45) is 0 Å². The van der Waals surface area contributed by atoms with Crippen LogP contribution in [0.4, 0.5) is 8.78 Å². The third-order valence-corrected chi connectivity index (χ3v) is 4.59. The summed E-state index contributed by atoms with van der Waals surface area (Å²) in [7, 11) is 0. The third kappa shape index (κ3) is 6.41. The summed E-state index contributed by atoms with van der Waals surface area (Å²) in [6.07, 6.45) is 5.20. The second kappa shape index (κ2) is 11.2. The van der Waals surface area contributed by atoms with Gasteiger partial charge in [-0.15, -0.1) is 24.8 Å². The Bertz CT molecular complexity index is 734. The number of rotatable bonds is 5. The molecule has 2 unspecified atom stereocenters. The number of pyridine rings is 1. The van der Waals surface area contributed by atoms with Gasteiger partial charge in [0.05, 0.1) is 0 Å². The van der Waals surface area contributed by atoms with Gasteiger partial charge >= 0.3 is 0 Å². The number of carbonyl (C=O) groups is 1. The molecular weight excluding hydrogens is 395 g/mol. The number of carbonyl (C=O) groups excluding carboxylic acids is 1. The second-order valence-corrected chi connectivity index (χ2v) is 6.30. The predicted molar refractivity (Wildman–Crippen MR) is 106 cm³/mol. The number of halogens is 4. The summed E-state index contributed by atoms with van der Waals surface area (Å²) in [5.74, 6) is -1.77. The maximum Gasteiger partial charge on any atom is 0.220 e. The molecule has 2 N–H and O–H groups in total. The molecule has 1 aliphatic rings. The van der Waals surface area contributed by atoms with Gasteiger partial charge in [-0.2, -0.15) is 0 Å². The number of aryl methyl sites for hydroxylation is 1. The van der Waals surface area contributed by atoms with E-state index in [4.69, 9.17) is 0 Å². The minimum atomic E-state index is -0.851. The lowest BCUT2D eigenvalue weighted by molar-refractivity contribution is -0.122. The molecule has 0 bridgehead atoms. The Kier molecular flexibility index (Phi) is 9.63. The fourth-order valence-electron chi connectivity index (χ4n) is 3.24. The first kappa shape index (κ1) is 23.3. The quantitative estimate of drug-likeness (QED) is 0.783. The number of benzene rings is 1. The highest BCUT2D eigenvalue weighted by molar-refractivity contribution is 5.85. The lowest BCUT2D eigenvalue weighted by atomic mass is 9.86. The zero-order valence-electron chi connectivity index (χ0n) is 14.7. The van der Waals surface area contributed by atoms with Crippen LogP contribution in [0.25, 0.3) is 0 Å². The first-order valence-corrected chi connectivity index (χ1v) is 8.47. The number of nitrogens with one attached hydrogen (secondary N) is 2. The maximum atomic E-state index is 13.5. The molecule has 4 nitrogen and oxygen atoms in total. The monoisotopic (exact) mass is 417 g/mol. The van der Waals surface area contributed by atoms with Crippen molar-refractivity contribution in [2.45, 2.75) is 31.2 Å². The average Bonchev–Trinajstić information content (AvgIpc) is 2.64. The zero-order valence-corrected chi connectivity index (χ0v) is 16.3. The summed E-state index contributed by atoms with van der Waals surface area (Å²) < 4.78 is 26.7. The lowest BCUT2D eigenvalue weighted by Gasteiger charge is -2.33. The van der Waals surface area contributed by atoms with Gasteiger partial charge in [0.1, 0.15) is 0 Å². The Balaban J connectivity index is 0.00000182. The molecule has 0 spiro atoms. The minimum absolute atomic E-state index is 0. The first-order valence-electron chi connectivity index (χ1n) is 8.47. The molecule has 1 amide bonds. The standard InChI is InChI=1S/C19H21F2N3O.2ClH/c20-16-3-2-14(11-17(16)21)15-7-10-23-12-18(15)24-19(25)4-1-13-5-8-22-9-6-13;;/h2-3,5-6,8-9,11,15,18,23H,1,4,7,10,12H2,(H,24,25);2*1H. The molecule has 1 aromatic carbocycles. The second-order valence-electron chi connectivity index (χ2n) is 6.30. The van der Waals surface area contributed by atoms with Crippen molar-refractivity contribution < 1.29 is 13.6 Å². The molecule has 0 radical (unpaired) electrons. The molecule has 1 saturated heterocycles. The van der Waals surface area contributed by atoms with Gasteiger partial charge in [-0.25, -0.2) is 8.78 Å². The van der Waals surface area contributed by atoms with Crippen molar-refractivity contribution in [1.29, 1.82) is 0 Å². The van der Waals surface area contributed by atoms with E-state index in [1.54, 1.807) is 18.5 Å². The van der Waals surface area contributed by atoms with Gasteiger partial charge in [0.2, 0.25) is 5.91 Å². The molecule has 2 aromatic rings. The Hall–Kier alpha value is -1.76. The smallest absolute Gasteiger partial charge is 0.220 e. The van der Waals surface area contributed by atoms with Crippen molar-refractivity contribution in [1.82, 2.24) is 15.6 Å². The van der Waals surface area contributed by atoms with Crippen LogP contribution in [0.2, 0.25) is 0 Å². The van der Waals surface area contributed by atoms with Crippen LogP contribution >= 0.6 is 24.8 Å². The van der Waals surface area contributed by atoms with Crippen LogP contribution in [0.15, 0.2) is 42.7 Å². The van der Waals surface area contributed by atoms with Crippen LogP contribution in [0, 0.1) is 11.6 Å². The van der Waals surface area contributed by atoms with E-state index in [1.807, 2.05) is 12.1 Å². The van der Waals surface area contributed by atoms with Crippen LogP contribution in [-0.2, 0) is 11.2 Å². The Morgan fingerprint density at radius 3 is 2.59 bits per heavy atom. The zero-order chi connectivity index (χ0) is 17.6. The van der Waals surface area contributed by atoms with E-state index in [2.05, 4.69) is 15.6 Å². The van der Waals surface area contributed by atoms with Crippen molar-refractivity contribution in [3.63, 3.8) is 0 Å². The molecule has 2 heterocycles. The van der Waals surface area contributed by atoms with Crippen molar-refractivity contribution >= 4 is 30.7 Å². The van der Waals surface area contributed by atoms with E-state index in [0.717, 1.165) is 30.2 Å². The molecule has 27 heavy (non-hydrogen) atoms. The molecule has 3 rings (SSSR count). The van der Waals surface area contributed by atoms with Crippen LogP contribution in [0.5, 0.6) is 0 Å². The number of nitrogens with zero attached hydrogens (tertiary/aromatic N) is 1. The normalized spacial score (nSPS) is 18.7. The lowest BCUT2D eigenvalue weighted by Crippen LogP contribution is -2.50. The molecule has 0 saturated carbocycles. The maximum absolute atomic E-state index is 13.5. The molecule has 148 valence electrons. The first-order chi connectivity index (χ1) is 12.1.